The van der Waals surface area contributed by atoms with Crippen LogP contribution in [0.4, 0.5) is 4.39 Å². The average Bonchev–Trinajstić information content (AvgIpc) is 2.96. The van der Waals surface area contributed by atoms with Gasteiger partial charge in [0.15, 0.2) is 0 Å². The standard InChI is InChI=1S/C16H21BrFNO/c17-12-7-11(8-13(18)9-12)10-19-6-2-4-15(19)14-3-1-5-16(14)20/h7-9,14-16,20H,1-6,10H2. The van der Waals surface area contributed by atoms with Gasteiger partial charge in [-0.25, -0.2) is 4.39 Å². The van der Waals surface area contributed by atoms with E-state index in [1.54, 1.807) is 6.07 Å². The van der Waals surface area contributed by atoms with E-state index in [2.05, 4.69) is 20.8 Å². The summed E-state index contributed by atoms with van der Waals surface area (Å²) in [7, 11) is 0. The van der Waals surface area contributed by atoms with Crippen LogP contribution in [0.3, 0.4) is 0 Å². The lowest BCUT2D eigenvalue weighted by Gasteiger charge is -2.31. The van der Waals surface area contributed by atoms with Crippen molar-refractivity contribution in [1.29, 1.82) is 0 Å². The summed E-state index contributed by atoms with van der Waals surface area (Å²) in [6, 6.07) is 5.56. The van der Waals surface area contributed by atoms with Crippen molar-refractivity contribution in [2.75, 3.05) is 6.54 Å². The highest BCUT2D eigenvalue weighted by Crippen LogP contribution is 2.36. The third-order valence-electron chi connectivity index (χ3n) is 4.75. The number of benzene rings is 1. The fraction of sp³-hybridized carbons (Fsp3) is 0.625. The lowest BCUT2D eigenvalue weighted by molar-refractivity contribution is 0.0718. The molecule has 1 saturated heterocycles. The molecule has 1 N–H and O–H groups in total. The van der Waals surface area contributed by atoms with E-state index in [0.717, 1.165) is 48.8 Å². The van der Waals surface area contributed by atoms with Crippen LogP contribution in [0.1, 0.15) is 37.7 Å². The number of likely N-dealkylation sites (tertiary alicyclic amines) is 1. The molecular weight excluding hydrogens is 321 g/mol. The maximum absolute atomic E-state index is 13.5. The summed E-state index contributed by atoms with van der Waals surface area (Å²) in [4.78, 5) is 2.43. The molecule has 2 nitrogen and oxygen atoms in total. The lowest BCUT2D eigenvalue weighted by Crippen LogP contribution is -2.38. The van der Waals surface area contributed by atoms with Crippen LogP contribution < -0.4 is 0 Å². The van der Waals surface area contributed by atoms with E-state index in [4.69, 9.17) is 0 Å². The second-order valence-electron chi connectivity index (χ2n) is 6.12. The Balaban J connectivity index is 1.72. The number of aliphatic hydroxyl groups excluding tert-OH is 1. The van der Waals surface area contributed by atoms with Gasteiger partial charge in [0.1, 0.15) is 5.82 Å². The van der Waals surface area contributed by atoms with Crippen molar-refractivity contribution in [2.45, 2.75) is 50.8 Å². The molecule has 1 aliphatic heterocycles. The summed E-state index contributed by atoms with van der Waals surface area (Å²) >= 11 is 3.35. The summed E-state index contributed by atoms with van der Waals surface area (Å²) in [5, 5.41) is 10.1. The molecule has 0 aromatic heterocycles. The second kappa shape index (κ2) is 6.12. The first-order chi connectivity index (χ1) is 9.63. The highest BCUT2D eigenvalue weighted by atomic mass is 79.9. The van der Waals surface area contributed by atoms with Crippen molar-refractivity contribution < 1.29 is 9.50 Å². The predicted octanol–water partition coefficient (Wildman–Crippen LogP) is 3.71. The molecule has 1 aromatic carbocycles. The number of hydrogen-bond donors (Lipinski definition) is 1. The Labute approximate surface area is 128 Å². The summed E-state index contributed by atoms with van der Waals surface area (Å²) in [6.07, 6.45) is 5.43. The predicted molar refractivity (Wildman–Crippen MR) is 80.9 cm³/mol. The first-order valence-electron chi connectivity index (χ1n) is 7.50. The van der Waals surface area contributed by atoms with Gasteiger partial charge >= 0.3 is 0 Å². The molecule has 1 aliphatic carbocycles. The quantitative estimate of drug-likeness (QED) is 0.905. The van der Waals surface area contributed by atoms with Gasteiger partial charge < -0.3 is 5.11 Å². The Morgan fingerprint density at radius 3 is 2.75 bits per heavy atom. The molecule has 20 heavy (non-hydrogen) atoms. The molecule has 4 heteroatoms. The Hall–Kier alpha value is -0.450. The molecule has 0 bridgehead atoms. The summed E-state index contributed by atoms with van der Waals surface area (Å²) in [5.41, 5.74) is 1.01. The Morgan fingerprint density at radius 1 is 1.20 bits per heavy atom. The Bertz CT molecular complexity index is 461. The van der Waals surface area contributed by atoms with Crippen molar-refractivity contribution in [3.63, 3.8) is 0 Å². The minimum atomic E-state index is -0.189. The first kappa shape index (κ1) is 14.5. The van der Waals surface area contributed by atoms with Crippen molar-refractivity contribution in [3.05, 3.63) is 34.1 Å². The van der Waals surface area contributed by atoms with Gasteiger partial charge in [-0.15, -0.1) is 0 Å². The van der Waals surface area contributed by atoms with E-state index in [1.807, 2.05) is 6.07 Å². The normalized spacial score (nSPS) is 31.1. The largest absolute Gasteiger partial charge is 0.393 e. The molecular formula is C16H21BrFNO. The van der Waals surface area contributed by atoms with E-state index in [-0.39, 0.29) is 11.9 Å². The van der Waals surface area contributed by atoms with Crippen LogP contribution in [-0.4, -0.2) is 28.7 Å². The molecule has 3 atom stereocenters. The zero-order valence-corrected chi connectivity index (χ0v) is 13.2. The van der Waals surface area contributed by atoms with Gasteiger partial charge in [0.2, 0.25) is 0 Å². The van der Waals surface area contributed by atoms with Gasteiger partial charge in [-0.3, -0.25) is 4.90 Å². The topological polar surface area (TPSA) is 23.5 Å². The molecule has 1 aromatic rings. The van der Waals surface area contributed by atoms with Crippen LogP contribution >= 0.6 is 15.9 Å². The Morgan fingerprint density at radius 2 is 2.05 bits per heavy atom. The molecule has 0 amide bonds. The summed E-state index contributed by atoms with van der Waals surface area (Å²) < 4.78 is 14.3. The van der Waals surface area contributed by atoms with Crippen molar-refractivity contribution in [1.82, 2.24) is 4.90 Å². The van der Waals surface area contributed by atoms with Crippen molar-refractivity contribution >= 4 is 15.9 Å². The van der Waals surface area contributed by atoms with E-state index in [9.17, 15) is 9.50 Å². The minimum Gasteiger partial charge on any atom is -0.393 e. The van der Waals surface area contributed by atoms with E-state index >= 15 is 0 Å². The van der Waals surface area contributed by atoms with Gasteiger partial charge in [-0.05, 0) is 56.0 Å². The van der Waals surface area contributed by atoms with Crippen molar-refractivity contribution in [2.24, 2.45) is 5.92 Å². The van der Waals surface area contributed by atoms with Crippen LogP contribution in [0.15, 0.2) is 22.7 Å². The van der Waals surface area contributed by atoms with E-state index in [1.165, 1.54) is 12.5 Å². The van der Waals surface area contributed by atoms with Gasteiger partial charge in [-0.2, -0.15) is 0 Å². The molecule has 1 saturated carbocycles. The molecule has 3 rings (SSSR count). The van der Waals surface area contributed by atoms with E-state index in [0.29, 0.717) is 12.0 Å². The highest BCUT2D eigenvalue weighted by Gasteiger charge is 2.38. The number of aliphatic hydroxyl groups is 1. The monoisotopic (exact) mass is 341 g/mol. The van der Waals surface area contributed by atoms with Gasteiger partial charge in [0, 0.05) is 23.0 Å². The summed E-state index contributed by atoms with van der Waals surface area (Å²) in [6.45, 7) is 1.84. The van der Waals surface area contributed by atoms with Gasteiger partial charge in [0.05, 0.1) is 6.10 Å². The van der Waals surface area contributed by atoms with Crippen LogP contribution in [0, 0.1) is 11.7 Å². The van der Waals surface area contributed by atoms with E-state index < -0.39 is 0 Å². The molecule has 2 fully saturated rings. The summed E-state index contributed by atoms with van der Waals surface area (Å²) in [5.74, 6) is 0.223. The third-order valence-corrected chi connectivity index (χ3v) is 5.21. The number of hydrogen-bond acceptors (Lipinski definition) is 2. The SMILES string of the molecule is OC1CCCC1C1CCCN1Cc1cc(F)cc(Br)c1. The number of rotatable bonds is 3. The van der Waals surface area contributed by atoms with Crippen LogP contribution in [-0.2, 0) is 6.54 Å². The minimum absolute atomic E-state index is 0.139. The van der Waals surface area contributed by atoms with Crippen LogP contribution in [0.25, 0.3) is 0 Å². The van der Waals surface area contributed by atoms with Gasteiger partial charge in [0.25, 0.3) is 0 Å². The van der Waals surface area contributed by atoms with Gasteiger partial charge in [-0.1, -0.05) is 22.4 Å². The fourth-order valence-electron chi connectivity index (χ4n) is 3.89. The molecule has 0 spiro atoms. The smallest absolute Gasteiger partial charge is 0.124 e. The number of nitrogens with zero attached hydrogens (tertiary/aromatic N) is 1. The van der Waals surface area contributed by atoms with Crippen LogP contribution in [0.2, 0.25) is 0 Å². The Kier molecular flexibility index (Phi) is 4.43. The highest BCUT2D eigenvalue weighted by molar-refractivity contribution is 9.10. The number of halogens is 2. The second-order valence-corrected chi connectivity index (χ2v) is 7.04. The maximum Gasteiger partial charge on any atom is 0.124 e. The third kappa shape index (κ3) is 3.07. The average molecular weight is 342 g/mol. The molecule has 3 unspecified atom stereocenters. The molecule has 2 aliphatic rings. The molecule has 0 radical (unpaired) electrons. The zero-order chi connectivity index (χ0) is 14.1. The van der Waals surface area contributed by atoms with Crippen molar-refractivity contribution in [3.8, 4) is 0 Å². The molecule has 1 heterocycles. The molecule has 110 valence electrons. The lowest BCUT2D eigenvalue weighted by atomic mass is 9.94. The zero-order valence-electron chi connectivity index (χ0n) is 11.6. The maximum atomic E-state index is 13.5. The fourth-order valence-corrected chi connectivity index (χ4v) is 4.40. The van der Waals surface area contributed by atoms with Crippen LogP contribution in [0.5, 0.6) is 0 Å². The first-order valence-corrected chi connectivity index (χ1v) is 8.30.